The first-order valence-corrected chi connectivity index (χ1v) is 9.55. The SMILES string of the molecule is O=S1(=O)CCCCC1CNCCCN1CCCCC1. The molecule has 1 unspecified atom stereocenters. The summed E-state index contributed by atoms with van der Waals surface area (Å²) in [6.45, 7) is 5.25. The van der Waals surface area contributed by atoms with Crippen LogP contribution in [0.25, 0.3) is 0 Å². The van der Waals surface area contributed by atoms with Crippen molar-refractivity contribution in [3.63, 3.8) is 0 Å². The summed E-state index contributed by atoms with van der Waals surface area (Å²) in [7, 11) is -2.80. The Kier molecular flexibility index (Phi) is 6.10. The van der Waals surface area contributed by atoms with Gasteiger partial charge >= 0.3 is 0 Å². The molecule has 2 rings (SSSR count). The Bertz CT molecular complexity index is 350. The Morgan fingerprint density at radius 2 is 1.84 bits per heavy atom. The van der Waals surface area contributed by atoms with Gasteiger partial charge < -0.3 is 10.2 Å². The van der Waals surface area contributed by atoms with E-state index < -0.39 is 9.84 Å². The summed E-state index contributed by atoms with van der Waals surface area (Å²) in [5.74, 6) is 0.396. The van der Waals surface area contributed by atoms with E-state index in [2.05, 4.69) is 10.2 Å². The topological polar surface area (TPSA) is 49.4 Å². The highest BCUT2D eigenvalue weighted by atomic mass is 32.2. The molecule has 5 heteroatoms. The van der Waals surface area contributed by atoms with Crippen LogP contribution in [0.5, 0.6) is 0 Å². The van der Waals surface area contributed by atoms with Gasteiger partial charge in [0.05, 0.1) is 11.0 Å². The van der Waals surface area contributed by atoms with E-state index in [9.17, 15) is 8.42 Å². The zero-order valence-corrected chi connectivity index (χ0v) is 12.8. The fourth-order valence-corrected chi connectivity index (χ4v) is 4.96. The largest absolute Gasteiger partial charge is 0.315 e. The van der Waals surface area contributed by atoms with Gasteiger partial charge in [0, 0.05) is 6.54 Å². The van der Waals surface area contributed by atoms with Gasteiger partial charge in [-0.3, -0.25) is 0 Å². The van der Waals surface area contributed by atoms with Gasteiger partial charge in [-0.15, -0.1) is 0 Å². The molecule has 19 heavy (non-hydrogen) atoms. The van der Waals surface area contributed by atoms with Crippen LogP contribution in [0, 0.1) is 0 Å². The van der Waals surface area contributed by atoms with E-state index in [1.54, 1.807) is 0 Å². The van der Waals surface area contributed by atoms with Crippen LogP contribution in [-0.4, -0.2) is 57.0 Å². The van der Waals surface area contributed by atoms with E-state index in [1.807, 2.05) is 0 Å². The summed E-state index contributed by atoms with van der Waals surface area (Å²) in [5, 5.41) is 3.22. The fourth-order valence-electron chi connectivity index (χ4n) is 3.12. The Morgan fingerprint density at radius 1 is 1.05 bits per heavy atom. The van der Waals surface area contributed by atoms with Crippen LogP contribution < -0.4 is 5.32 Å². The second kappa shape index (κ2) is 7.60. The molecule has 0 aromatic rings. The van der Waals surface area contributed by atoms with Crippen molar-refractivity contribution in [3.8, 4) is 0 Å². The lowest BCUT2D eigenvalue weighted by Crippen LogP contribution is -2.38. The minimum atomic E-state index is -2.80. The molecule has 0 amide bonds. The second-order valence-corrected chi connectivity index (χ2v) is 8.35. The highest BCUT2D eigenvalue weighted by Gasteiger charge is 2.27. The molecular weight excluding hydrogens is 260 g/mol. The standard InChI is InChI=1S/C14H28N2O2S/c17-19(18)12-5-2-7-14(19)13-15-8-6-11-16-9-3-1-4-10-16/h14-15H,1-13H2. The molecule has 2 heterocycles. The van der Waals surface area contributed by atoms with Crippen LogP contribution >= 0.6 is 0 Å². The lowest BCUT2D eigenvalue weighted by Gasteiger charge is -2.26. The predicted molar refractivity (Wildman–Crippen MR) is 79.2 cm³/mol. The van der Waals surface area contributed by atoms with Gasteiger partial charge in [-0.2, -0.15) is 0 Å². The molecule has 1 atom stereocenters. The number of nitrogens with zero attached hydrogens (tertiary/aromatic N) is 1. The molecule has 2 saturated heterocycles. The number of sulfone groups is 1. The number of likely N-dealkylation sites (tertiary alicyclic amines) is 1. The van der Waals surface area contributed by atoms with Gasteiger partial charge in [0.1, 0.15) is 0 Å². The maximum atomic E-state index is 11.8. The van der Waals surface area contributed by atoms with Gasteiger partial charge in [0.25, 0.3) is 0 Å². The Balaban J connectivity index is 1.56. The zero-order chi connectivity index (χ0) is 13.6. The maximum absolute atomic E-state index is 11.8. The molecular formula is C14H28N2O2S. The van der Waals surface area contributed by atoms with E-state index in [4.69, 9.17) is 0 Å². The monoisotopic (exact) mass is 288 g/mol. The molecule has 0 bridgehead atoms. The minimum Gasteiger partial charge on any atom is -0.315 e. The highest BCUT2D eigenvalue weighted by Crippen LogP contribution is 2.18. The Hall–Kier alpha value is -0.130. The van der Waals surface area contributed by atoms with Gasteiger partial charge in [-0.1, -0.05) is 12.8 Å². The molecule has 0 radical (unpaired) electrons. The smallest absolute Gasteiger partial charge is 0.154 e. The highest BCUT2D eigenvalue weighted by molar-refractivity contribution is 7.92. The molecule has 0 aromatic heterocycles. The molecule has 0 aromatic carbocycles. The third-order valence-corrected chi connectivity index (χ3v) is 6.64. The van der Waals surface area contributed by atoms with Crippen LogP contribution in [0.3, 0.4) is 0 Å². The van der Waals surface area contributed by atoms with Gasteiger partial charge in [0.15, 0.2) is 9.84 Å². The lowest BCUT2D eigenvalue weighted by molar-refractivity contribution is 0.226. The van der Waals surface area contributed by atoms with Crippen molar-refractivity contribution in [3.05, 3.63) is 0 Å². The summed E-state index contributed by atoms with van der Waals surface area (Å²) in [5.41, 5.74) is 0. The predicted octanol–water partition coefficient (Wildman–Crippen LogP) is 1.42. The summed E-state index contributed by atoms with van der Waals surface area (Å²) in [6, 6.07) is 0. The molecule has 0 spiro atoms. The molecule has 0 aliphatic carbocycles. The quantitative estimate of drug-likeness (QED) is 0.751. The third kappa shape index (κ3) is 5.04. The second-order valence-electron chi connectivity index (χ2n) is 5.94. The Morgan fingerprint density at radius 3 is 2.58 bits per heavy atom. The van der Waals surface area contributed by atoms with Crippen LogP contribution in [0.4, 0.5) is 0 Å². The minimum absolute atomic E-state index is 0.128. The van der Waals surface area contributed by atoms with E-state index >= 15 is 0 Å². The summed E-state index contributed by atoms with van der Waals surface area (Å²) >= 11 is 0. The summed E-state index contributed by atoms with van der Waals surface area (Å²) in [6.07, 6.45) is 7.97. The average Bonchev–Trinajstić information content (AvgIpc) is 2.41. The van der Waals surface area contributed by atoms with Crippen LogP contribution in [-0.2, 0) is 9.84 Å². The first-order chi connectivity index (χ1) is 9.18. The number of hydrogen-bond acceptors (Lipinski definition) is 4. The van der Waals surface area contributed by atoms with Crippen molar-refractivity contribution in [2.45, 2.75) is 50.2 Å². The van der Waals surface area contributed by atoms with Crippen LogP contribution in [0.1, 0.15) is 44.9 Å². The molecule has 2 aliphatic heterocycles. The van der Waals surface area contributed by atoms with E-state index in [0.29, 0.717) is 12.3 Å². The number of nitrogens with one attached hydrogen (secondary N) is 1. The van der Waals surface area contributed by atoms with Gasteiger partial charge in [-0.05, 0) is 58.3 Å². The van der Waals surface area contributed by atoms with Crippen molar-refractivity contribution in [1.29, 1.82) is 0 Å². The van der Waals surface area contributed by atoms with E-state index in [0.717, 1.165) is 38.8 Å². The number of rotatable bonds is 6. The van der Waals surface area contributed by atoms with Crippen LogP contribution in [0.2, 0.25) is 0 Å². The zero-order valence-electron chi connectivity index (χ0n) is 11.9. The maximum Gasteiger partial charge on any atom is 0.154 e. The normalized spacial score (nSPS) is 28.3. The molecule has 2 fully saturated rings. The van der Waals surface area contributed by atoms with E-state index in [1.165, 1.54) is 32.4 Å². The molecule has 4 nitrogen and oxygen atoms in total. The molecule has 112 valence electrons. The molecule has 1 N–H and O–H groups in total. The molecule has 2 aliphatic rings. The first-order valence-electron chi connectivity index (χ1n) is 7.83. The van der Waals surface area contributed by atoms with Crippen molar-refractivity contribution in [2.24, 2.45) is 0 Å². The first kappa shape index (κ1) is 15.3. The summed E-state index contributed by atoms with van der Waals surface area (Å²) in [4.78, 5) is 2.53. The molecule has 0 saturated carbocycles. The van der Waals surface area contributed by atoms with E-state index in [-0.39, 0.29) is 5.25 Å². The van der Waals surface area contributed by atoms with Crippen molar-refractivity contribution < 1.29 is 8.42 Å². The third-order valence-electron chi connectivity index (χ3n) is 4.36. The fraction of sp³-hybridized carbons (Fsp3) is 1.00. The number of hydrogen-bond donors (Lipinski definition) is 1. The van der Waals surface area contributed by atoms with Crippen molar-refractivity contribution >= 4 is 9.84 Å². The Labute approximate surface area is 117 Å². The summed E-state index contributed by atoms with van der Waals surface area (Å²) < 4.78 is 23.7. The lowest BCUT2D eigenvalue weighted by atomic mass is 10.1. The van der Waals surface area contributed by atoms with Crippen LogP contribution in [0.15, 0.2) is 0 Å². The average molecular weight is 288 g/mol. The van der Waals surface area contributed by atoms with Gasteiger partial charge in [0.2, 0.25) is 0 Å². The number of piperidine rings is 1. The van der Waals surface area contributed by atoms with Crippen molar-refractivity contribution in [2.75, 3.05) is 38.5 Å². The van der Waals surface area contributed by atoms with Gasteiger partial charge in [-0.25, -0.2) is 8.42 Å². The van der Waals surface area contributed by atoms with Crippen molar-refractivity contribution in [1.82, 2.24) is 10.2 Å².